The van der Waals surface area contributed by atoms with Gasteiger partial charge in [0, 0.05) is 43.1 Å². The molecule has 1 aromatic heterocycles. The van der Waals surface area contributed by atoms with Crippen molar-refractivity contribution in [3.8, 4) is 0 Å². The van der Waals surface area contributed by atoms with Crippen LogP contribution in [0.2, 0.25) is 5.02 Å². The number of nitrogens with zero attached hydrogens (tertiary/aromatic N) is 4. The van der Waals surface area contributed by atoms with E-state index in [0.29, 0.717) is 27.9 Å². The molecule has 0 unspecified atom stereocenters. The number of anilines is 2. The second-order valence-corrected chi connectivity index (χ2v) is 6.49. The minimum atomic E-state index is -0.220. The minimum Gasteiger partial charge on any atom is -0.338 e. The van der Waals surface area contributed by atoms with E-state index in [1.165, 1.54) is 0 Å². The van der Waals surface area contributed by atoms with Crippen LogP contribution < -0.4 is 10.2 Å². The van der Waals surface area contributed by atoms with Crippen LogP contribution in [0.3, 0.4) is 0 Å². The molecule has 132 valence electrons. The number of benzene rings is 1. The Bertz CT molecular complexity index is 742. The van der Waals surface area contributed by atoms with E-state index >= 15 is 0 Å². The van der Waals surface area contributed by atoms with E-state index in [1.807, 2.05) is 6.92 Å². The lowest BCUT2D eigenvalue weighted by Crippen LogP contribution is -2.46. The largest absolute Gasteiger partial charge is 0.338 e. The molecule has 0 radical (unpaired) electrons. The summed E-state index contributed by atoms with van der Waals surface area (Å²) < 4.78 is 0. The third kappa shape index (κ3) is 4.27. The summed E-state index contributed by atoms with van der Waals surface area (Å²) in [6.07, 6.45) is 1.61. The number of nitrogens with one attached hydrogen (secondary N) is 1. The van der Waals surface area contributed by atoms with Crippen molar-refractivity contribution in [1.82, 2.24) is 14.9 Å². The van der Waals surface area contributed by atoms with Crippen LogP contribution in [0, 0.1) is 6.92 Å². The van der Waals surface area contributed by atoms with Gasteiger partial charge in [0.2, 0.25) is 5.95 Å². The molecule has 3 rings (SSSR count). The van der Waals surface area contributed by atoms with Crippen molar-refractivity contribution in [1.29, 1.82) is 0 Å². The maximum Gasteiger partial charge on any atom is 0.259 e. The van der Waals surface area contributed by atoms with Crippen molar-refractivity contribution >= 4 is 29.1 Å². The van der Waals surface area contributed by atoms with Gasteiger partial charge in [0.25, 0.3) is 5.91 Å². The molecule has 0 atom stereocenters. The fraction of sp³-hybridized carbons (Fsp3) is 0.389. The molecule has 6 nitrogen and oxygen atoms in total. The number of amides is 1. The molecule has 1 saturated heterocycles. The molecule has 1 aliphatic heterocycles. The number of hydrogen-bond donors (Lipinski definition) is 1. The van der Waals surface area contributed by atoms with Crippen LogP contribution >= 0.6 is 11.6 Å². The summed E-state index contributed by atoms with van der Waals surface area (Å²) in [7, 11) is 0. The smallest absolute Gasteiger partial charge is 0.259 e. The third-order valence-corrected chi connectivity index (χ3v) is 4.67. The van der Waals surface area contributed by atoms with E-state index < -0.39 is 0 Å². The SMILES string of the molecule is CCN1CCN(c2ncc(C(=O)Nc3ccc(Cl)cc3)c(C)n2)CC1. The second kappa shape index (κ2) is 7.80. The van der Waals surface area contributed by atoms with Gasteiger partial charge in [-0.05, 0) is 37.7 Å². The standard InChI is InChI=1S/C18H22ClN5O/c1-3-23-8-10-24(11-9-23)18-20-12-16(13(2)21-18)17(25)22-15-6-4-14(19)5-7-15/h4-7,12H,3,8-11H2,1-2H3,(H,22,25). The Morgan fingerprint density at radius 2 is 1.88 bits per heavy atom. The highest BCUT2D eigenvalue weighted by Gasteiger charge is 2.19. The lowest BCUT2D eigenvalue weighted by molar-refractivity contribution is 0.102. The normalized spacial score (nSPS) is 15.2. The van der Waals surface area contributed by atoms with Gasteiger partial charge >= 0.3 is 0 Å². The number of aryl methyl sites for hydroxylation is 1. The molecule has 0 saturated carbocycles. The molecule has 0 bridgehead atoms. The summed E-state index contributed by atoms with van der Waals surface area (Å²) in [5, 5.41) is 3.47. The van der Waals surface area contributed by atoms with Gasteiger partial charge in [-0.25, -0.2) is 9.97 Å². The topological polar surface area (TPSA) is 61.4 Å². The van der Waals surface area contributed by atoms with E-state index in [4.69, 9.17) is 11.6 Å². The Labute approximate surface area is 152 Å². The van der Waals surface area contributed by atoms with Crippen molar-refractivity contribution in [2.45, 2.75) is 13.8 Å². The summed E-state index contributed by atoms with van der Waals surface area (Å²) in [5.41, 5.74) is 1.84. The zero-order valence-electron chi connectivity index (χ0n) is 14.5. The number of carbonyl (C=O) groups is 1. The van der Waals surface area contributed by atoms with E-state index in [1.54, 1.807) is 30.5 Å². The van der Waals surface area contributed by atoms with Crippen molar-refractivity contribution in [2.24, 2.45) is 0 Å². The van der Waals surface area contributed by atoms with Crippen LogP contribution in [0.5, 0.6) is 0 Å². The molecule has 7 heteroatoms. The Balaban J connectivity index is 1.69. The van der Waals surface area contributed by atoms with E-state index in [2.05, 4.69) is 32.0 Å². The Hall–Kier alpha value is -2.18. The number of rotatable bonds is 4. The molecule has 25 heavy (non-hydrogen) atoms. The van der Waals surface area contributed by atoms with Gasteiger partial charge in [-0.2, -0.15) is 0 Å². The van der Waals surface area contributed by atoms with Crippen molar-refractivity contribution in [2.75, 3.05) is 42.9 Å². The maximum absolute atomic E-state index is 12.4. The molecule has 2 heterocycles. The first-order valence-corrected chi connectivity index (χ1v) is 8.82. The summed E-state index contributed by atoms with van der Waals surface area (Å²) >= 11 is 5.86. The molecule has 1 aromatic carbocycles. The van der Waals surface area contributed by atoms with Crippen LogP contribution in [0.1, 0.15) is 23.0 Å². The molecular weight excluding hydrogens is 338 g/mol. The highest BCUT2D eigenvalue weighted by molar-refractivity contribution is 6.30. The fourth-order valence-electron chi connectivity index (χ4n) is 2.83. The van der Waals surface area contributed by atoms with E-state index in [0.717, 1.165) is 32.7 Å². The molecular formula is C18H22ClN5O. The van der Waals surface area contributed by atoms with Gasteiger partial charge in [-0.15, -0.1) is 0 Å². The Morgan fingerprint density at radius 3 is 2.48 bits per heavy atom. The monoisotopic (exact) mass is 359 g/mol. The van der Waals surface area contributed by atoms with Gasteiger partial charge in [-0.3, -0.25) is 4.79 Å². The first-order chi connectivity index (χ1) is 12.1. The number of likely N-dealkylation sites (N-methyl/N-ethyl adjacent to an activating group) is 1. The predicted octanol–water partition coefficient (Wildman–Crippen LogP) is 2.83. The highest BCUT2D eigenvalue weighted by atomic mass is 35.5. The number of piperazine rings is 1. The molecule has 1 fully saturated rings. The summed E-state index contributed by atoms with van der Waals surface area (Å²) in [6, 6.07) is 7.00. The van der Waals surface area contributed by atoms with Crippen LogP contribution in [0.25, 0.3) is 0 Å². The van der Waals surface area contributed by atoms with Crippen molar-refractivity contribution in [3.05, 3.63) is 46.7 Å². The first-order valence-electron chi connectivity index (χ1n) is 8.44. The quantitative estimate of drug-likeness (QED) is 0.909. The second-order valence-electron chi connectivity index (χ2n) is 6.05. The Morgan fingerprint density at radius 1 is 1.20 bits per heavy atom. The average molecular weight is 360 g/mol. The molecule has 0 spiro atoms. The van der Waals surface area contributed by atoms with Gasteiger partial charge in [0.1, 0.15) is 0 Å². The first kappa shape index (κ1) is 17.6. The van der Waals surface area contributed by atoms with Gasteiger partial charge in [0.05, 0.1) is 11.3 Å². The lowest BCUT2D eigenvalue weighted by Gasteiger charge is -2.34. The zero-order valence-corrected chi connectivity index (χ0v) is 15.3. The summed E-state index contributed by atoms with van der Waals surface area (Å²) in [4.78, 5) is 26.0. The van der Waals surface area contributed by atoms with Gasteiger partial charge < -0.3 is 15.1 Å². The molecule has 1 amide bonds. The van der Waals surface area contributed by atoms with Gasteiger partial charge in [-0.1, -0.05) is 18.5 Å². The number of hydrogen-bond acceptors (Lipinski definition) is 5. The highest BCUT2D eigenvalue weighted by Crippen LogP contribution is 2.17. The van der Waals surface area contributed by atoms with E-state index in [-0.39, 0.29) is 5.91 Å². The maximum atomic E-state index is 12.4. The van der Waals surface area contributed by atoms with E-state index in [9.17, 15) is 4.79 Å². The summed E-state index contributed by atoms with van der Waals surface area (Å²) in [6.45, 7) is 8.91. The predicted molar refractivity (Wildman–Crippen MR) is 101 cm³/mol. The molecule has 0 aliphatic carbocycles. The molecule has 2 aromatic rings. The molecule has 1 aliphatic rings. The third-order valence-electron chi connectivity index (χ3n) is 4.42. The Kier molecular flexibility index (Phi) is 5.50. The number of carbonyl (C=O) groups excluding carboxylic acids is 1. The minimum absolute atomic E-state index is 0.220. The number of halogens is 1. The zero-order chi connectivity index (χ0) is 17.8. The van der Waals surface area contributed by atoms with Crippen molar-refractivity contribution in [3.63, 3.8) is 0 Å². The van der Waals surface area contributed by atoms with Crippen LogP contribution in [0.4, 0.5) is 11.6 Å². The van der Waals surface area contributed by atoms with Crippen LogP contribution in [-0.2, 0) is 0 Å². The van der Waals surface area contributed by atoms with Gasteiger partial charge in [0.15, 0.2) is 0 Å². The molecule has 1 N–H and O–H groups in total. The van der Waals surface area contributed by atoms with Crippen molar-refractivity contribution < 1.29 is 4.79 Å². The fourth-order valence-corrected chi connectivity index (χ4v) is 2.95. The van der Waals surface area contributed by atoms with Crippen LogP contribution in [0.15, 0.2) is 30.5 Å². The lowest BCUT2D eigenvalue weighted by atomic mass is 10.2. The summed E-state index contributed by atoms with van der Waals surface area (Å²) in [5.74, 6) is 0.471. The van der Waals surface area contributed by atoms with Crippen LogP contribution in [-0.4, -0.2) is 53.5 Å². The number of aromatic nitrogens is 2. The average Bonchev–Trinajstić information content (AvgIpc) is 2.63.